The van der Waals surface area contributed by atoms with Gasteiger partial charge in [0, 0.05) is 35.7 Å². The molecule has 0 bridgehead atoms. The van der Waals surface area contributed by atoms with Crippen molar-refractivity contribution < 1.29 is 0 Å². The van der Waals surface area contributed by atoms with Crippen LogP contribution in [-0.4, -0.2) is 42.9 Å². The third-order valence-electron chi connectivity index (χ3n) is 5.05. The Balaban J connectivity index is 1.50. The highest BCUT2D eigenvalue weighted by Crippen LogP contribution is 2.40. The standard InChI is InChI=1S/C16H22N2S/c1-2-6-16-14(5-1)13(11-19-16)10-18-7-3-4-12-8-17-9-15(12)18/h1-2,5-6,12-13,15,17H,3-4,7-11H2. The summed E-state index contributed by atoms with van der Waals surface area (Å²) in [6, 6.07) is 9.82. The summed E-state index contributed by atoms with van der Waals surface area (Å²) in [5.74, 6) is 2.94. The molecule has 0 spiro atoms. The second-order valence-corrected chi connectivity index (χ2v) is 7.23. The number of piperidine rings is 1. The molecule has 3 aliphatic heterocycles. The van der Waals surface area contributed by atoms with E-state index in [2.05, 4.69) is 34.5 Å². The number of nitrogens with zero attached hydrogens (tertiary/aromatic N) is 1. The first-order valence-electron chi connectivity index (χ1n) is 7.58. The molecular formula is C16H22N2S. The first kappa shape index (κ1) is 12.2. The maximum absolute atomic E-state index is 3.59. The van der Waals surface area contributed by atoms with Crippen LogP contribution in [0.5, 0.6) is 0 Å². The van der Waals surface area contributed by atoms with E-state index in [0.29, 0.717) is 0 Å². The average Bonchev–Trinajstić information content (AvgIpc) is 3.06. The van der Waals surface area contributed by atoms with Gasteiger partial charge >= 0.3 is 0 Å². The summed E-state index contributed by atoms with van der Waals surface area (Å²) in [6.07, 6.45) is 2.83. The maximum Gasteiger partial charge on any atom is 0.0261 e. The fourth-order valence-corrected chi connectivity index (χ4v) is 5.30. The van der Waals surface area contributed by atoms with Gasteiger partial charge in [0.05, 0.1) is 0 Å². The number of rotatable bonds is 2. The molecule has 3 atom stereocenters. The highest BCUT2D eigenvalue weighted by Gasteiger charge is 2.36. The third-order valence-corrected chi connectivity index (χ3v) is 6.30. The van der Waals surface area contributed by atoms with Gasteiger partial charge in [-0.1, -0.05) is 18.2 Å². The van der Waals surface area contributed by atoms with E-state index >= 15 is 0 Å². The van der Waals surface area contributed by atoms with Crippen molar-refractivity contribution >= 4 is 11.8 Å². The third kappa shape index (κ3) is 2.22. The van der Waals surface area contributed by atoms with E-state index in [1.165, 1.54) is 49.7 Å². The van der Waals surface area contributed by atoms with Crippen molar-refractivity contribution in [1.29, 1.82) is 0 Å². The molecule has 1 aromatic rings. The summed E-state index contributed by atoms with van der Waals surface area (Å²) in [6.45, 7) is 5.04. The normalized spacial score (nSPS) is 34.2. The molecule has 3 unspecified atom stereocenters. The van der Waals surface area contributed by atoms with Gasteiger partial charge in [0.2, 0.25) is 0 Å². The van der Waals surface area contributed by atoms with Crippen LogP contribution in [0.3, 0.4) is 0 Å². The Labute approximate surface area is 119 Å². The van der Waals surface area contributed by atoms with Gasteiger partial charge < -0.3 is 5.32 Å². The predicted octanol–water partition coefficient (Wildman–Crippen LogP) is 2.56. The Morgan fingerprint density at radius 3 is 3.21 bits per heavy atom. The van der Waals surface area contributed by atoms with Gasteiger partial charge in [0.1, 0.15) is 0 Å². The van der Waals surface area contributed by atoms with Crippen LogP contribution < -0.4 is 5.32 Å². The Bertz CT molecular complexity index is 462. The summed E-state index contributed by atoms with van der Waals surface area (Å²) in [5, 5.41) is 3.59. The number of hydrogen-bond donors (Lipinski definition) is 1. The van der Waals surface area contributed by atoms with Gasteiger partial charge in [0.25, 0.3) is 0 Å². The number of benzene rings is 1. The summed E-state index contributed by atoms with van der Waals surface area (Å²) >= 11 is 2.05. The van der Waals surface area contributed by atoms with Crippen LogP contribution in [0.15, 0.2) is 29.2 Å². The van der Waals surface area contributed by atoms with Crippen LogP contribution in [0.1, 0.15) is 24.3 Å². The van der Waals surface area contributed by atoms with E-state index in [-0.39, 0.29) is 0 Å². The largest absolute Gasteiger partial charge is 0.315 e. The van der Waals surface area contributed by atoms with E-state index in [1.807, 2.05) is 11.8 Å². The second-order valence-electron chi connectivity index (χ2n) is 6.17. The molecule has 3 heteroatoms. The Morgan fingerprint density at radius 1 is 1.26 bits per heavy atom. The summed E-state index contributed by atoms with van der Waals surface area (Å²) in [7, 11) is 0. The summed E-state index contributed by atoms with van der Waals surface area (Å²) in [4.78, 5) is 4.30. The molecule has 1 aromatic carbocycles. The molecule has 1 N–H and O–H groups in total. The van der Waals surface area contributed by atoms with Gasteiger partial charge in [-0.3, -0.25) is 4.90 Å². The van der Waals surface area contributed by atoms with Gasteiger partial charge in [-0.2, -0.15) is 0 Å². The number of thioether (sulfide) groups is 1. The maximum atomic E-state index is 3.59. The first-order chi connectivity index (χ1) is 9.42. The zero-order chi connectivity index (χ0) is 12.7. The molecule has 0 amide bonds. The van der Waals surface area contributed by atoms with Crippen LogP contribution in [-0.2, 0) is 0 Å². The van der Waals surface area contributed by atoms with E-state index in [4.69, 9.17) is 0 Å². The van der Waals surface area contributed by atoms with Gasteiger partial charge in [-0.25, -0.2) is 0 Å². The zero-order valence-electron chi connectivity index (χ0n) is 11.3. The van der Waals surface area contributed by atoms with E-state index in [0.717, 1.165) is 17.9 Å². The molecule has 2 nitrogen and oxygen atoms in total. The van der Waals surface area contributed by atoms with Crippen molar-refractivity contribution in [3.05, 3.63) is 29.8 Å². The SMILES string of the molecule is c1ccc2c(c1)SCC2CN1CCCC2CNCC21. The zero-order valence-corrected chi connectivity index (χ0v) is 12.2. The number of hydrogen-bond acceptors (Lipinski definition) is 3. The van der Waals surface area contributed by atoms with E-state index in [1.54, 1.807) is 5.56 Å². The minimum atomic E-state index is 0.751. The monoisotopic (exact) mass is 274 g/mol. The molecule has 19 heavy (non-hydrogen) atoms. The van der Waals surface area contributed by atoms with Crippen LogP contribution in [0.4, 0.5) is 0 Å². The molecule has 4 rings (SSSR count). The van der Waals surface area contributed by atoms with E-state index in [9.17, 15) is 0 Å². The Morgan fingerprint density at radius 2 is 2.21 bits per heavy atom. The van der Waals surface area contributed by atoms with Gasteiger partial charge in [0.15, 0.2) is 0 Å². The molecule has 2 fully saturated rings. The molecule has 0 aromatic heterocycles. The molecular weight excluding hydrogens is 252 g/mol. The second kappa shape index (κ2) is 5.12. The van der Waals surface area contributed by atoms with E-state index < -0.39 is 0 Å². The lowest BCUT2D eigenvalue weighted by Crippen LogP contribution is -2.46. The minimum absolute atomic E-state index is 0.751. The highest BCUT2D eigenvalue weighted by atomic mass is 32.2. The van der Waals surface area contributed by atoms with Crippen molar-refractivity contribution in [3.8, 4) is 0 Å². The molecule has 0 radical (unpaired) electrons. The summed E-state index contributed by atoms with van der Waals surface area (Å²) in [5.41, 5.74) is 1.60. The number of fused-ring (bicyclic) bond motifs is 2. The smallest absolute Gasteiger partial charge is 0.0261 e. The highest BCUT2D eigenvalue weighted by molar-refractivity contribution is 7.99. The van der Waals surface area contributed by atoms with Crippen LogP contribution in [0, 0.1) is 5.92 Å². The molecule has 102 valence electrons. The molecule has 0 aliphatic carbocycles. The fraction of sp³-hybridized carbons (Fsp3) is 0.625. The predicted molar refractivity (Wildman–Crippen MR) is 80.9 cm³/mol. The fourth-order valence-electron chi connectivity index (χ4n) is 4.05. The van der Waals surface area contributed by atoms with Crippen molar-refractivity contribution in [2.24, 2.45) is 5.92 Å². The van der Waals surface area contributed by atoms with Crippen LogP contribution in [0.2, 0.25) is 0 Å². The quantitative estimate of drug-likeness (QED) is 0.892. The topological polar surface area (TPSA) is 15.3 Å². The van der Waals surface area contributed by atoms with Crippen molar-refractivity contribution in [2.45, 2.75) is 29.7 Å². The Hall–Kier alpha value is -0.510. The van der Waals surface area contributed by atoms with Crippen molar-refractivity contribution in [2.75, 3.05) is 31.9 Å². The van der Waals surface area contributed by atoms with Gasteiger partial charge in [-0.15, -0.1) is 11.8 Å². The molecule has 0 saturated carbocycles. The Kier molecular flexibility index (Phi) is 3.30. The minimum Gasteiger partial charge on any atom is -0.315 e. The summed E-state index contributed by atoms with van der Waals surface area (Å²) < 4.78 is 0. The molecule has 2 saturated heterocycles. The molecule has 3 heterocycles. The van der Waals surface area contributed by atoms with Gasteiger partial charge in [-0.05, 0) is 43.5 Å². The lowest BCUT2D eigenvalue weighted by atomic mass is 9.90. The lowest BCUT2D eigenvalue weighted by molar-refractivity contribution is 0.120. The van der Waals surface area contributed by atoms with Crippen LogP contribution >= 0.6 is 11.8 Å². The molecule has 3 aliphatic rings. The average molecular weight is 274 g/mol. The lowest BCUT2D eigenvalue weighted by Gasteiger charge is -2.38. The van der Waals surface area contributed by atoms with Crippen molar-refractivity contribution in [3.63, 3.8) is 0 Å². The van der Waals surface area contributed by atoms with Crippen molar-refractivity contribution in [1.82, 2.24) is 10.2 Å². The number of likely N-dealkylation sites (tertiary alicyclic amines) is 1. The first-order valence-corrected chi connectivity index (χ1v) is 8.57. The number of nitrogens with one attached hydrogen (secondary N) is 1. The van der Waals surface area contributed by atoms with Crippen LogP contribution in [0.25, 0.3) is 0 Å².